The summed E-state index contributed by atoms with van der Waals surface area (Å²) in [5, 5.41) is 7.71. The molecule has 0 bridgehead atoms. The standard InChI is InChI=1S/C14H20N4OS/c1-8-7-10-11(16-13(15-4)17-12(10)20-8)18-14(3)5-6-19-9(14)2/h7,9H,5-6H2,1-4H3,(H2,15,16,17,18). The second-order valence-corrected chi connectivity index (χ2v) is 6.76. The van der Waals surface area contributed by atoms with Gasteiger partial charge in [-0.15, -0.1) is 11.3 Å². The summed E-state index contributed by atoms with van der Waals surface area (Å²) in [6.07, 6.45) is 1.16. The average Bonchev–Trinajstić information content (AvgIpc) is 2.93. The topological polar surface area (TPSA) is 59.1 Å². The molecule has 0 saturated carbocycles. The highest BCUT2D eigenvalue weighted by Gasteiger charge is 2.37. The molecule has 2 aromatic rings. The Kier molecular flexibility index (Phi) is 3.30. The lowest BCUT2D eigenvalue weighted by Gasteiger charge is -2.29. The summed E-state index contributed by atoms with van der Waals surface area (Å²) in [7, 11) is 1.84. The minimum atomic E-state index is -0.0812. The van der Waals surface area contributed by atoms with Crippen molar-refractivity contribution in [3.05, 3.63) is 10.9 Å². The first kappa shape index (κ1) is 13.6. The lowest BCUT2D eigenvalue weighted by Crippen LogP contribution is -2.41. The van der Waals surface area contributed by atoms with Crippen molar-refractivity contribution in [2.24, 2.45) is 0 Å². The van der Waals surface area contributed by atoms with Crippen LogP contribution in [0.4, 0.5) is 11.8 Å². The summed E-state index contributed by atoms with van der Waals surface area (Å²) in [4.78, 5) is 11.4. The van der Waals surface area contributed by atoms with Crippen molar-refractivity contribution in [3.63, 3.8) is 0 Å². The van der Waals surface area contributed by atoms with E-state index < -0.39 is 0 Å². The van der Waals surface area contributed by atoms with Gasteiger partial charge in [0.15, 0.2) is 0 Å². The Hall–Kier alpha value is -1.40. The second-order valence-electron chi connectivity index (χ2n) is 5.53. The zero-order valence-electron chi connectivity index (χ0n) is 12.3. The highest BCUT2D eigenvalue weighted by Crippen LogP contribution is 2.34. The zero-order chi connectivity index (χ0) is 14.3. The highest BCUT2D eigenvalue weighted by molar-refractivity contribution is 7.18. The molecule has 2 atom stereocenters. The van der Waals surface area contributed by atoms with E-state index >= 15 is 0 Å². The van der Waals surface area contributed by atoms with E-state index in [2.05, 4.69) is 47.4 Å². The van der Waals surface area contributed by atoms with Gasteiger partial charge in [0, 0.05) is 18.5 Å². The van der Waals surface area contributed by atoms with Gasteiger partial charge in [-0.2, -0.15) is 4.98 Å². The summed E-state index contributed by atoms with van der Waals surface area (Å²) in [5.41, 5.74) is -0.0812. The molecular weight excluding hydrogens is 272 g/mol. The van der Waals surface area contributed by atoms with Gasteiger partial charge < -0.3 is 15.4 Å². The Bertz CT molecular complexity index is 641. The maximum Gasteiger partial charge on any atom is 0.225 e. The van der Waals surface area contributed by atoms with Crippen molar-refractivity contribution < 1.29 is 4.74 Å². The van der Waals surface area contributed by atoms with Crippen molar-refractivity contribution in [2.75, 3.05) is 24.3 Å². The van der Waals surface area contributed by atoms with Crippen molar-refractivity contribution >= 4 is 33.3 Å². The number of nitrogens with zero attached hydrogens (tertiary/aromatic N) is 2. The van der Waals surface area contributed by atoms with Gasteiger partial charge in [0.25, 0.3) is 0 Å². The van der Waals surface area contributed by atoms with Gasteiger partial charge in [0.2, 0.25) is 5.95 Å². The van der Waals surface area contributed by atoms with Crippen LogP contribution in [0.3, 0.4) is 0 Å². The normalized spacial score (nSPS) is 26.1. The number of rotatable bonds is 3. The Morgan fingerprint density at radius 3 is 2.90 bits per heavy atom. The van der Waals surface area contributed by atoms with Crippen LogP contribution in [0.1, 0.15) is 25.1 Å². The number of hydrogen-bond acceptors (Lipinski definition) is 6. The Balaban J connectivity index is 2.05. The molecule has 0 radical (unpaired) electrons. The highest BCUT2D eigenvalue weighted by atomic mass is 32.1. The molecule has 5 nitrogen and oxygen atoms in total. The molecule has 6 heteroatoms. The van der Waals surface area contributed by atoms with Gasteiger partial charge >= 0.3 is 0 Å². The van der Waals surface area contributed by atoms with Crippen molar-refractivity contribution in [1.82, 2.24) is 9.97 Å². The summed E-state index contributed by atoms with van der Waals surface area (Å²) in [6.45, 7) is 7.19. The number of fused-ring (bicyclic) bond motifs is 1. The smallest absolute Gasteiger partial charge is 0.225 e. The predicted molar refractivity (Wildman–Crippen MR) is 83.8 cm³/mol. The minimum Gasteiger partial charge on any atom is -0.376 e. The third-order valence-corrected chi connectivity index (χ3v) is 4.97. The summed E-state index contributed by atoms with van der Waals surface area (Å²) < 4.78 is 5.70. The number of aromatic nitrogens is 2. The molecule has 2 N–H and O–H groups in total. The molecule has 20 heavy (non-hydrogen) atoms. The SMILES string of the molecule is CNc1nc(NC2(C)CCOC2C)c2cc(C)sc2n1. The fourth-order valence-electron chi connectivity index (χ4n) is 2.52. The molecule has 1 aliphatic rings. The van der Waals surface area contributed by atoms with Gasteiger partial charge in [-0.1, -0.05) is 0 Å². The molecule has 3 rings (SSSR count). The van der Waals surface area contributed by atoms with Crippen LogP contribution >= 0.6 is 11.3 Å². The molecule has 108 valence electrons. The number of nitrogens with one attached hydrogen (secondary N) is 2. The first-order chi connectivity index (χ1) is 9.51. The predicted octanol–water partition coefficient (Wildman–Crippen LogP) is 3.02. The van der Waals surface area contributed by atoms with Crippen LogP contribution in [-0.2, 0) is 4.74 Å². The molecule has 0 amide bonds. The third-order valence-electron chi connectivity index (χ3n) is 4.03. The number of hydrogen-bond donors (Lipinski definition) is 2. The average molecular weight is 292 g/mol. The van der Waals surface area contributed by atoms with E-state index in [4.69, 9.17) is 4.74 Å². The van der Waals surface area contributed by atoms with Crippen LogP contribution in [0, 0.1) is 6.92 Å². The van der Waals surface area contributed by atoms with Crippen LogP contribution in [0.5, 0.6) is 0 Å². The van der Waals surface area contributed by atoms with Crippen molar-refractivity contribution in [1.29, 1.82) is 0 Å². The maximum atomic E-state index is 5.70. The van der Waals surface area contributed by atoms with Crippen LogP contribution in [0.15, 0.2) is 6.07 Å². The number of aryl methyl sites for hydroxylation is 1. The Labute approximate surface area is 122 Å². The largest absolute Gasteiger partial charge is 0.376 e. The van der Waals surface area contributed by atoms with Crippen LogP contribution < -0.4 is 10.6 Å². The number of thiophene rings is 1. The van der Waals surface area contributed by atoms with Gasteiger partial charge in [-0.3, -0.25) is 0 Å². The van der Waals surface area contributed by atoms with Crippen molar-refractivity contribution in [3.8, 4) is 0 Å². The molecule has 2 unspecified atom stereocenters. The lowest BCUT2D eigenvalue weighted by atomic mass is 9.94. The number of ether oxygens (including phenoxy) is 1. The summed E-state index contributed by atoms with van der Waals surface area (Å²) in [5.74, 6) is 1.54. The monoisotopic (exact) mass is 292 g/mol. The van der Waals surface area contributed by atoms with Crippen LogP contribution in [0.25, 0.3) is 10.2 Å². The molecule has 1 fully saturated rings. The molecule has 2 aromatic heterocycles. The molecule has 1 aliphatic heterocycles. The van der Waals surface area contributed by atoms with Crippen LogP contribution in [-0.4, -0.2) is 35.3 Å². The fraction of sp³-hybridized carbons (Fsp3) is 0.571. The summed E-state index contributed by atoms with van der Waals surface area (Å²) in [6, 6.07) is 2.14. The van der Waals surface area contributed by atoms with Gasteiger partial charge in [-0.05, 0) is 33.3 Å². The molecule has 0 aromatic carbocycles. The van der Waals surface area contributed by atoms with Gasteiger partial charge in [0.1, 0.15) is 10.6 Å². The fourth-order valence-corrected chi connectivity index (χ4v) is 3.40. The lowest BCUT2D eigenvalue weighted by molar-refractivity contribution is 0.105. The van der Waals surface area contributed by atoms with E-state index in [0.29, 0.717) is 5.95 Å². The molecule has 3 heterocycles. The maximum absolute atomic E-state index is 5.70. The van der Waals surface area contributed by atoms with E-state index in [9.17, 15) is 0 Å². The van der Waals surface area contributed by atoms with E-state index in [1.54, 1.807) is 11.3 Å². The first-order valence-electron chi connectivity index (χ1n) is 6.87. The quantitative estimate of drug-likeness (QED) is 0.910. The molecule has 0 aliphatic carbocycles. The third kappa shape index (κ3) is 2.23. The molecule has 1 saturated heterocycles. The molecular formula is C14H20N4OS. The first-order valence-corrected chi connectivity index (χ1v) is 7.69. The zero-order valence-corrected chi connectivity index (χ0v) is 13.1. The van der Waals surface area contributed by atoms with Gasteiger partial charge in [-0.25, -0.2) is 4.98 Å². The Morgan fingerprint density at radius 2 is 2.25 bits per heavy atom. The van der Waals surface area contributed by atoms with E-state index in [1.165, 1.54) is 4.88 Å². The Morgan fingerprint density at radius 1 is 1.45 bits per heavy atom. The minimum absolute atomic E-state index is 0.0812. The second kappa shape index (κ2) is 4.86. The van der Waals surface area contributed by atoms with E-state index in [-0.39, 0.29) is 11.6 Å². The van der Waals surface area contributed by atoms with E-state index in [0.717, 1.165) is 29.1 Å². The van der Waals surface area contributed by atoms with Gasteiger partial charge in [0.05, 0.1) is 17.0 Å². The van der Waals surface area contributed by atoms with Crippen LogP contribution in [0.2, 0.25) is 0 Å². The van der Waals surface area contributed by atoms with Crippen molar-refractivity contribution in [2.45, 2.75) is 38.8 Å². The summed E-state index contributed by atoms with van der Waals surface area (Å²) >= 11 is 1.69. The number of anilines is 2. The van der Waals surface area contributed by atoms with E-state index in [1.807, 2.05) is 7.05 Å². The molecule has 0 spiro atoms.